The van der Waals surface area contributed by atoms with E-state index in [1.54, 1.807) is 4.90 Å². The molecule has 1 fully saturated rings. The Balaban J connectivity index is 2.01. The zero-order valence-corrected chi connectivity index (χ0v) is 11.2. The highest BCUT2D eigenvalue weighted by Gasteiger charge is 2.30. The average Bonchev–Trinajstić information content (AvgIpc) is 2.25. The number of piperidine rings is 1. The maximum Gasteiger partial charge on any atom is 0.410 e. The molecule has 0 aliphatic carbocycles. The molecule has 2 aliphatic rings. The maximum atomic E-state index is 12.0. The number of nitrogens with two attached hydrogens (primary N) is 1. The second-order valence-corrected chi connectivity index (χ2v) is 5.77. The van der Waals surface area contributed by atoms with Crippen LogP contribution < -0.4 is 11.1 Å². The molecular formula is C13H21N3O2. The van der Waals surface area contributed by atoms with Gasteiger partial charge in [-0.25, -0.2) is 4.79 Å². The van der Waals surface area contributed by atoms with Gasteiger partial charge in [0.05, 0.1) is 6.04 Å². The quantitative estimate of drug-likeness (QED) is 0.681. The van der Waals surface area contributed by atoms with Gasteiger partial charge in [0, 0.05) is 25.0 Å². The molecule has 1 amide bonds. The minimum Gasteiger partial charge on any atom is -0.444 e. The van der Waals surface area contributed by atoms with Gasteiger partial charge < -0.3 is 20.7 Å². The third kappa shape index (κ3) is 2.97. The lowest BCUT2D eigenvalue weighted by atomic mass is 9.96. The number of carbonyl (C=O) groups excluding carboxylic acids is 1. The van der Waals surface area contributed by atoms with Gasteiger partial charge in [-0.3, -0.25) is 0 Å². The Morgan fingerprint density at radius 1 is 1.56 bits per heavy atom. The molecule has 0 radical (unpaired) electrons. The van der Waals surface area contributed by atoms with Crippen molar-refractivity contribution in [2.45, 2.75) is 38.8 Å². The second kappa shape index (κ2) is 4.55. The van der Waals surface area contributed by atoms with Crippen LogP contribution in [0.5, 0.6) is 0 Å². The Morgan fingerprint density at radius 2 is 2.28 bits per heavy atom. The van der Waals surface area contributed by atoms with Crippen LogP contribution >= 0.6 is 0 Å². The monoisotopic (exact) mass is 251 g/mol. The number of fused-ring (bicyclic) bond motifs is 1. The molecule has 0 spiro atoms. The lowest BCUT2D eigenvalue weighted by Gasteiger charge is -2.36. The Kier molecular flexibility index (Phi) is 3.24. The highest BCUT2D eigenvalue weighted by Crippen LogP contribution is 2.22. The molecule has 1 atom stereocenters. The first-order valence-corrected chi connectivity index (χ1v) is 6.25. The molecule has 100 valence electrons. The van der Waals surface area contributed by atoms with Crippen molar-refractivity contribution in [2.24, 2.45) is 5.73 Å². The number of hydrogen-bond donors (Lipinski definition) is 2. The van der Waals surface area contributed by atoms with E-state index in [9.17, 15) is 4.79 Å². The first kappa shape index (κ1) is 12.8. The zero-order chi connectivity index (χ0) is 13.3. The van der Waals surface area contributed by atoms with E-state index < -0.39 is 5.60 Å². The van der Waals surface area contributed by atoms with Gasteiger partial charge in [0.1, 0.15) is 5.60 Å². The molecule has 0 bridgehead atoms. The summed E-state index contributed by atoms with van der Waals surface area (Å²) in [4.78, 5) is 13.7. The Labute approximate surface area is 108 Å². The number of carbonyl (C=O) groups is 1. The number of nitrogens with zero attached hydrogens (tertiary/aromatic N) is 1. The van der Waals surface area contributed by atoms with E-state index in [4.69, 9.17) is 10.5 Å². The van der Waals surface area contributed by atoms with E-state index in [0.29, 0.717) is 24.8 Å². The summed E-state index contributed by atoms with van der Waals surface area (Å²) in [6.07, 6.45) is 4.39. The van der Waals surface area contributed by atoms with Crippen LogP contribution in [-0.2, 0) is 4.74 Å². The fraction of sp³-hybridized carbons (Fsp3) is 0.615. The lowest BCUT2D eigenvalue weighted by Crippen LogP contribution is -2.48. The summed E-state index contributed by atoms with van der Waals surface area (Å²) in [7, 11) is 0. The Morgan fingerprint density at radius 3 is 2.94 bits per heavy atom. The molecular weight excluding hydrogens is 230 g/mol. The van der Waals surface area contributed by atoms with Crippen LogP contribution in [0.1, 0.15) is 27.2 Å². The summed E-state index contributed by atoms with van der Waals surface area (Å²) in [6, 6.07) is 0.302. The van der Waals surface area contributed by atoms with E-state index in [1.165, 1.54) is 0 Å². The molecule has 18 heavy (non-hydrogen) atoms. The van der Waals surface area contributed by atoms with Gasteiger partial charge in [-0.2, -0.15) is 0 Å². The van der Waals surface area contributed by atoms with Crippen LogP contribution in [-0.4, -0.2) is 35.7 Å². The van der Waals surface area contributed by atoms with E-state index in [1.807, 2.05) is 33.0 Å². The van der Waals surface area contributed by atoms with Crippen molar-refractivity contribution < 1.29 is 9.53 Å². The van der Waals surface area contributed by atoms with Gasteiger partial charge in [0.2, 0.25) is 0 Å². The van der Waals surface area contributed by atoms with Crippen LogP contribution in [0.3, 0.4) is 0 Å². The smallest absolute Gasteiger partial charge is 0.410 e. The van der Waals surface area contributed by atoms with Gasteiger partial charge in [-0.05, 0) is 38.8 Å². The van der Waals surface area contributed by atoms with Gasteiger partial charge in [-0.15, -0.1) is 0 Å². The second-order valence-electron chi connectivity index (χ2n) is 5.77. The Bertz CT molecular complexity index is 407. The highest BCUT2D eigenvalue weighted by molar-refractivity contribution is 5.69. The van der Waals surface area contributed by atoms with E-state index in [0.717, 1.165) is 12.0 Å². The average molecular weight is 251 g/mol. The SMILES string of the molecule is CC(C)(C)OC(=O)N1CCC2NC=C(N)C=C2C1. The largest absolute Gasteiger partial charge is 0.444 e. The van der Waals surface area contributed by atoms with Gasteiger partial charge >= 0.3 is 6.09 Å². The van der Waals surface area contributed by atoms with Crippen LogP contribution in [0.2, 0.25) is 0 Å². The highest BCUT2D eigenvalue weighted by atomic mass is 16.6. The third-order valence-corrected chi connectivity index (χ3v) is 2.96. The van der Waals surface area contributed by atoms with Crippen molar-refractivity contribution in [3.05, 3.63) is 23.5 Å². The zero-order valence-electron chi connectivity index (χ0n) is 11.2. The van der Waals surface area contributed by atoms with E-state index in [2.05, 4.69) is 5.32 Å². The van der Waals surface area contributed by atoms with Crippen LogP contribution in [0.15, 0.2) is 23.5 Å². The molecule has 1 saturated heterocycles. The molecule has 0 aromatic heterocycles. The fourth-order valence-corrected chi connectivity index (χ4v) is 2.15. The number of nitrogens with one attached hydrogen (secondary N) is 1. The minimum absolute atomic E-state index is 0.255. The van der Waals surface area contributed by atoms with Crippen molar-refractivity contribution in [3.8, 4) is 0 Å². The van der Waals surface area contributed by atoms with Crippen molar-refractivity contribution >= 4 is 6.09 Å². The van der Waals surface area contributed by atoms with Gasteiger partial charge in [0.25, 0.3) is 0 Å². The number of likely N-dealkylation sites (tertiary alicyclic amines) is 1. The van der Waals surface area contributed by atoms with Crippen LogP contribution in [0.4, 0.5) is 4.79 Å². The summed E-state index contributed by atoms with van der Waals surface area (Å²) < 4.78 is 5.38. The van der Waals surface area contributed by atoms with E-state index >= 15 is 0 Å². The molecule has 3 N–H and O–H groups in total. The van der Waals surface area contributed by atoms with Crippen molar-refractivity contribution in [2.75, 3.05) is 13.1 Å². The van der Waals surface area contributed by atoms with Crippen molar-refractivity contribution in [3.63, 3.8) is 0 Å². The molecule has 2 rings (SSSR count). The maximum absolute atomic E-state index is 12.0. The molecule has 5 heteroatoms. The minimum atomic E-state index is -0.452. The molecule has 0 aromatic rings. The molecule has 0 aromatic carbocycles. The lowest BCUT2D eigenvalue weighted by molar-refractivity contribution is 0.0238. The topological polar surface area (TPSA) is 67.6 Å². The Hall–Kier alpha value is -1.65. The third-order valence-electron chi connectivity index (χ3n) is 2.96. The standard InChI is InChI=1S/C13H21N3O2/c1-13(2,3)18-12(17)16-5-4-11-9(8-16)6-10(14)7-15-11/h6-7,11,15H,4-5,8,14H2,1-3H3. The molecule has 2 aliphatic heterocycles. The number of amides is 1. The van der Waals surface area contributed by atoms with E-state index in [-0.39, 0.29) is 6.09 Å². The summed E-state index contributed by atoms with van der Waals surface area (Å²) >= 11 is 0. The molecule has 2 heterocycles. The molecule has 1 unspecified atom stereocenters. The summed E-state index contributed by atoms with van der Waals surface area (Å²) in [5.41, 5.74) is 7.15. The first-order chi connectivity index (χ1) is 8.35. The predicted molar refractivity (Wildman–Crippen MR) is 69.7 cm³/mol. The van der Waals surface area contributed by atoms with Crippen LogP contribution in [0, 0.1) is 0 Å². The fourth-order valence-electron chi connectivity index (χ4n) is 2.15. The molecule has 5 nitrogen and oxygen atoms in total. The predicted octanol–water partition coefficient (Wildman–Crippen LogP) is 1.33. The van der Waals surface area contributed by atoms with Crippen molar-refractivity contribution in [1.82, 2.24) is 10.2 Å². The summed E-state index contributed by atoms with van der Waals surface area (Å²) in [5, 5.41) is 3.24. The van der Waals surface area contributed by atoms with Crippen LogP contribution in [0.25, 0.3) is 0 Å². The summed E-state index contributed by atoms with van der Waals surface area (Å²) in [5.74, 6) is 0. The van der Waals surface area contributed by atoms with Crippen molar-refractivity contribution in [1.29, 1.82) is 0 Å². The normalized spacial score (nSPS) is 23.5. The van der Waals surface area contributed by atoms with Gasteiger partial charge in [-0.1, -0.05) is 0 Å². The van der Waals surface area contributed by atoms with Gasteiger partial charge in [0.15, 0.2) is 0 Å². The first-order valence-electron chi connectivity index (χ1n) is 6.25. The number of hydrogen-bond acceptors (Lipinski definition) is 4. The number of dihydropyridines is 1. The molecule has 0 saturated carbocycles. The summed E-state index contributed by atoms with van der Waals surface area (Å²) in [6.45, 7) is 6.91. The number of ether oxygens (including phenoxy) is 1. The number of rotatable bonds is 0. The number of allylic oxidation sites excluding steroid dienone is 1.